The van der Waals surface area contributed by atoms with Gasteiger partial charge in [-0.05, 0) is 12.5 Å². The van der Waals surface area contributed by atoms with Crippen molar-refractivity contribution in [1.29, 1.82) is 0 Å². The van der Waals surface area contributed by atoms with Gasteiger partial charge in [-0.1, -0.05) is 30.3 Å². The van der Waals surface area contributed by atoms with Gasteiger partial charge in [-0.25, -0.2) is 4.79 Å². The topological polar surface area (TPSA) is 77.5 Å². The number of hydrogen-bond donors (Lipinski definition) is 1. The molecule has 0 radical (unpaired) electrons. The number of nitrogens with zero attached hydrogens (tertiary/aromatic N) is 1. The molecule has 0 amide bonds. The van der Waals surface area contributed by atoms with Crippen molar-refractivity contribution < 1.29 is 28.9 Å². The predicted octanol–water partition coefficient (Wildman–Crippen LogP) is 0.856. The van der Waals surface area contributed by atoms with Crippen molar-refractivity contribution in [1.82, 2.24) is 5.06 Å². The summed E-state index contributed by atoms with van der Waals surface area (Å²) in [5.41, 5.74) is 1.04. The molecule has 0 unspecified atom stereocenters. The molecule has 5 atom stereocenters. The Morgan fingerprint density at radius 2 is 2.12 bits per heavy atom. The van der Waals surface area contributed by atoms with Crippen molar-refractivity contribution >= 4 is 5.97 Å². The number of ether oxygens (including phenoxy) is 3. The van der Waals surface area contributed by atoms with E-state index in [9.17, 15) is 9.90 Å². The molecule has 0 aromatic heterocycles. The molecule has 2 fully saturated rings. The lowest BCUT2D eigenvalue weighted by Gasteiger charge is -2.38. The zero-order valence-corrected chi connectivity index (χ0v) is 13.8. The highest BCUT2D eigenvalue weighted by atomic mass is 16.7. The van der Waals surface area contributed by atoms with Gasteiger partial charge in [-0.15, -0.1) is 0 Å². The number of aliphatic hydroxyl groups is 1. The Balaban J connectivity index is 1.78. The molecule has 0 saturated carbocycles. The summed E-state index contributed by atoms with van der Waals surface area (Å²) in [4.78, 5) is 17.7. The Morgan fingerprint density at radius 3 is 2.83 bits per heavy atom. The summed E-state index contributed by atoms with van der Waals surface area (Å²) in [6.45, 7) is 2.47. The second-order valence-corrected chi connectivity index (χ2v) is 6.05. The second kappa shape index (κ2) is 7.58. The van der Waals surface area contributed by atoms with E-state index in [1.54, 1.807) is 12.0 Å². The van der Waals surface area contributed by atoms with Crippen molar-refractivity contribution in [3.05, 3.63) is 35.9 Å². The maximum absolute atomic E-state index is 11.9. The number of esters is 1. The summed E-state index contributed by atoms with van der Waals surface area (Å²) < 4.78 is 15.9. The largest absolute Gasteiger partial charge is 0.467 e. The van der Waals surface area contributed by atoms with Gasteiger partial charge in [0.1, 0.15) is 12.2 Å². The zero-order valence-electron chi connectivity index (χ0n) is 13.8. The predicted molar refractivity (Wildman–Crippen MR) is 83.6 cm³/mol. The van der Waals surface area contributed by atoms with Crippen LogP contribution < -0.4 is 0 Å². The molecule has 1 aromatic carbocycles. The molecule has 24 heavy (non-hydrogen) atoms. The molecule has 3 rings (SSSR count). The lowest BCUT2D eigenvalue weighted by Crippen LogP contribution is -2.52. The third-order valence-electron chi connectivity index (χ3n) is 4.34. The molecule has 2 aliphatic rings. The zero-order chi connectivity index (χ0) is 17.1. The molecule has 2 heterocycles. The molecular weight excluding hydrogens is 314 g/mol. The minimum Gasteiger partial charge on any atom is -0.467 e. The van der Waals surface area contributed by atoms with E-state index < -0.39 is 30.6 Å². The quantitative estimate of drug-likeness (QED) is 0.816. The van der Waals surface area contributed by atoms with Crippen LogP contribution in [0.4, 0.5) is 0 Å². The fourth-order valence-corrected chi connectivity index (χ4v) is 3.14. The number of methoxy groups -OCH3 is 1. The number of hydrogen-bond acceptors (Lipinski definition) is 7. The Bertz CT molecular complexity index is 553. The van der Waals surface area contributed by atoms with E-state index in [4.69, 9.17) is 19.0 Å². The summed E-state index contributed by atoms with van der Waals surface area (Å²) >= 11 is 0. The van der Waals surface area contributed by atoms with E-state index in [-0.39, 0.29) is 12.6 Å². The lowest BCUT2D eigenvalue weighted by molar-refractivity contribution is -0.274. The van der Waals surface area contributed by atoms with Crippen molar-refractivity contribution in [2.24, 2.45) is 0 Å². The van der Waals surface area contributed by atoms with Crippen LogP contribution >= 0.6 is 0 Å². The molecule has 0 spiro atoms. The summed E-state index contributed by atoms with van der Waals surface area (Å²) in [6.07, 6.45) is -1.98. The first kappa shape index (κ1) is 17.3. The van der Waals surface area contributed by atoms with Crippen LogP contribution in [0.15, 0.2) is 30.3 Å². The van der Waals surface area contributed by atoms with Crippen molar-refractivity contribution in [3.8, 4) is 0 Å². The van der Waals surface area contributed by atoms with Crippen molar-refractivity contribution in [2.45, 2.75) is 50.5 Å². The van der Waals surface area contributed by atoms with E-state index in [1.165, 1.54) is 7.11 Å². The van der Waals surface area contributed by atoms with Crippen LogP contribution in [-0.2, 0) is 30.4 Å². The monoisotopic (exact) mass is 337 g/mol. The van der Waals surface area contributed by atoms with Gasteiger partial charge in [-0.2, -0.15) is 5.06 Å². The van der Waals surface area contributed by atoms with Gasteiger partial charge in [0.15, 0.2) is 12.4 Å². The van der Waals surface area contributed by atoms with Crippen molar-refractivity contribution in [2.75, 3.05) is 13.7 Å². The number of carbonyl (C=O) groups excluding carboxylic acids is 1. The summed E-state index contributed by atoms with van der Waals surface area (Å²) in [5.74, 6) is -0.426. The fourth-order valence-electron chi connectivity index (χ4n) is 3.14. The maximum atomic E-state index is 11.9. The number of aliphatic hydroxyl groups excluding tert-OH is 1. The molecule has 0 aliphatic carbocycles. The molecule has 2 saturated heterocycles. The third-order valence-corrected chi connectivity index (χ3v) is 4.34. The van der Waals surface area contributed by atoms with Crippen molar-refractivity contribution in [3.63, 3.8) is 0 Å². The molecule has 1 N–H and O–H groups in total. The molecule has 7 nitrogen and oxygen atoms in total. The van der Waals surface area contributed by atoms with Gasteiger partial charge in [0.05, 0.1) is 19.8 Å². The number of rotatable bonds is 4. The minimum atomic E-state index is -0.774. The number of carbonyl (C=O) groups is 1. The van der Waals surface area contributed by atoms with Crippen LogP contribution in [0.1, 0.15) is 18.9 Å². The molecule has 1 aromatic rings. The van der Waals surface area contributed by atoms with E-state index in [1.807, 2.05) is 30.3 Å². The minimum absolute atomic E-state index is 0.199. The van der Waals surface area contributed by atoms with Crippen LogP contribution in [0.2, 0.25) is 0 Å². The molecule has 2 aliphatic heterocycles. The highest BCUT2D eigenvalue weighted by molar-refractivity contribution is 5.74. The molecular formula is C17H23NO6. The fraction of sp³-hybridized carbons (Fsp3) is 0.588. The van der Waals surface area contributed by atoms with Crippen LogP contribution in [0, 0.1) is 0 Å². The third kappa shape index (κ3) is 3.76. The van der Waals surface area contributed by atoms with Crippen LogP contribution in [-0.4, -0.2) is 60.5 Å². The average molecular weight is 337 g/mol. The number of benzene rings is 1. The van der Waals surface area contributed by atoms with Crippen LogP contribution in [0.3, 0.4) is 0 Å². The molecule has 132 valence electrons. The summed E-state index contributed by atoms with van der Waals surface area (Å²) in [7, 11) is 1.34. The SMILES string of the molecule is COC(=O)[C@@H]1C[C@@H]([C@@H]2O[C@H](C)OC[C@H]2O)N(Cc2ccccc2)O1. The summed E-state index contributed by atoms with van der Waals surface area (Å²) in [5, 5.41) is 12.0. The van der Waals surface area contributed by atoms with E-state index in [2.05, 4.69) is 0 Å². The van der Waals surface area contributed by atoms with Gasteiger partial charge in [0.25, 0.3) is 0 Å². The van der Waals surface area contributed by atoms with Gasteiger partial charge < -0.3 is 19.3 Å². The highest BCUT2D eigenvalue weighted by Crippen LogP contribution is 2.31. The van der Waals surface area contributed by atoms with Crippen LogP contribution in [0.5, 0.6) is 0 Å². The average Bonchev–Trinajstić information content (AvgIpc) is 3.01. The number of hydroxylamine groups is 2. The normalized spacial score (nSPS) is 34.2. The second-order valence-electron chi connectivity index (χ2n) is 6.05. The van der Waals surface area contributed by atoms with Gasteiger partial charge in [0.2, 0.25) is 0 Å². The van der Waals surface area contributed by atoms with E-state index in [0.29, 0.717) is 13.0 Å². The van der Waals surface area contributed by atoms with Gasteiger partial charge in [0, 0.05) is 13.0 Å². The first-order valence-electron chi connectivity index (χ1n) is 8.08. The Labute approximate surface area is 141 Å². The molecule has 7 heteroatoms. The highest BCUT2D eigenvalue weighted by Gasteiger charge is 2.46. The standard InChI is InChI=1S/C17H23NO6/c1-11-22-10-14(19)16(23-11)13-8-15(17(20)21-2)24-18(13)9-12-6-4-3-5-7-12/h3-7,11,13-16,19H,8-10H2,1-2H3/t11-,13+,14-,15+,16+/m1/s1. The van der Waals surface area contributed by atoms with Gasteiger partial charge in [-0.3, -0.25) is 4.84 Å². The van der Waals surface area contributed by atoms with E-state index >= 15 is 0 Å². The van der Waals surface area contributed by atoms with E-state index in [0.717, 1.165) is 5.56 Å². The van der Waals surface area contributed by atoms with Gasteiger partial charge >= 0.3 is 5.97 Å². The smallest absolute Gasteiger partial charge is 0.337 e. The maximum Gasteiger partial charge on any atom is 0.337 e. The molecule has 0 bridgehead atoms. The summed E-state index contributed by atoms with van der Waals surface area (Å²) in [6, 6.07) is 9.53. The first-order chi connectivity index (χ1) is 11.6. The Hall–Kier alpha value is -1.51. The van der Waals surface area contributed by atoms with Crippen LogP contribution in [0.25, 0.3) is 0 Å². The Kier molecular flexibility index (Phi) is 5.47. The first-order valence-corrected chi connectivity index (χ1v) is 8.08. The Morgan fingerprint density at radius 1 is 1.38 bits per heavy atom. The lowest BCUT2D eigenvalue weighted by atomic mass is 9.99.